The van der Waals surface area contributed by atoms with E-state index in [4.69, 9.17) is 0 Å². The summed E-state index contributed by atoms with van der Waals surface area (Å²) in [4.78, 5) is 6.74. The number of aromatic nitrogens is 6. The predicted octanol–water partition coefficient (Wildman–Crippen LogP) is 5.48. The second kappa shape index (κ2) is 10.9. The molecule has 0 amide bonds. The van der Waals surface area contributed by atoms with Crippen molar-refractivity contribution in [1.29, 1.82) is 0 Å². The van der Waals surface area contributed by atoms with Crippen LogP contribution in [0.25, 0.3) is 22.5 Å². The van der Waals surface area contributed by atoms with Crippen LogP contribution in [0.4, 0.5) is 13.2 Å². The van der Waals surface area contributed by atoms with Crippen molar-refractivity contribution < 1.29 is 18.3 Å². The van der Waals surface area contributed by atoms with Gasteiger partial charge in [-0.1, -0.05) is 13.3 Å². The van der Waals surface area contributed by atoms with E-state index in [2.05, 4.69) is 35.4 Å². The van der Waals surface area contributed by atoms with E-state index in [1.165, 1.54) is 0 Å². The molecular formula is C26H31F3N6OSn. The standard InChI is InChI=1S/C23H22F3N6O.3CH3.Sn/c1-2-5-20-19(21(13-33)32(29-20)14-23(24,25)26)12-15-8-10-16(11-9-15)17-6-3-4-7-18(17)22-27-30-31-28-22;;;;/h3-4,6-11,33H,2,5,12-14H2,1H3;3*1H3;/q-1;;;;+1. The zero-order chi connectivity index (χ0) is 26.8. The first-order valence-electron chi connectivity index (χ1n) is 12.2. The molecule has 4 aromatic rings. The number of aliphatic hydroxyl groups excluding tert-OH is 1. The molecule has 7 nitrogen and oxygen atoms in total. The molecule has 0 unspecified atom stereocenters. The summed E-state index contributed by atoms with van der Waals surface area (Å²) >= 11 is -2.63. The summed E-state index contributed by atoms with van der Waals surface area (Å²) in [6.07, 6.45) is -2.73. The number of halogens is 3. The number of aliphatic hydroxyl groups is 1. The summed E-state index contributed by atoms with van der Waals surface area (Å²) in [6, 6.07) is 15.9. The van der Waals surface area contributed by atoms with Crippen LogP contribution in [-0.4, -0.2) is 58.1 Å². The minimum absolute atomic E-state index is 0.218. The molecule has 2 heterocycles. The zero-order valence-electron chi connectivity index (χ0n) is 21.4. The maximum absolute atomic E-state index is 13.1. The van der Waals surface area contributed by atoms with Crippen LogP contribution in [0.1, 0.15) is 35.9 Å². The number of benzene rings is 2. The molecule has 37 heavy (non-hydrogen) atoms. The first-order chi connectivity index (χ1) is 17.5. The Bertz CT molecular complexity index is 1360. The van der Waals surface area contributed by atoms with Crippen molar-refractivity contribution in [2.75, 3.05) is 0 Å². The molecule has 0 aliphatic heterocycles. The Kier molecular flexibility index (Phi) is 8.08. The van der Waals surface area contributed by atoms with E-state index >= 15 is 0 Å². The minimum atomic E-state index is -4.41. The fourth-order valence-electron chi connectivity index (χ4n) is 4.45. The van der Waals surface area contributed by atoms with Crippen molar-refractivity contribution >= 4 is 18.7 Å². The molecule has 0 radical (unpaired) electrons. The molecule has 2 aromatic carbocycles. The van der Waals surface area contributed by atoms with Gasteiger partial charge in [0, 0.05) is 0 Å². The van der Waals surface area contributed by atoms with Crippen molar-refractivity contribution in [1.82, 2.24) is 28.2 Å². The van der Waals surface area contributed by atoms with Gasteiger partial charge in [-0.05, 0) is 0 Å². The Balaban J connectivity index is 1.67. The Labute approximate surface area is 218 Å². The van der Waals surface area contributed by atoms with E-state index < -0.39 is 38.0 Å². The summed E-state index contributed by atoms with van der Waals surface area (Å²) in [5.41, 5.74) is 5.35. The first-order valence-corrected chi connectivity index (χ1v) is 22.1. The van der Waals surface area contributed by atoms with Gasteiger partial charge >= 0.3 is 181 Å². The topological polar surface area (TPSA) is 81.7 Å². The first kappa shape index (κ1) is 27.3. The molecule has 0 aliphatic carbocycles. The van der Waals surface area contributed by atoms with E-state index in [0.29, 0.717) is 24.1 Å². The SMILES string of the molecule is CCCc1nn(CC(F)(F)F)c(CO)c1Cc1ccc(-c2ccccc2-c2nnn[n]2[Sn]([CH3])([CH3])[CH3])cc1. The van der Waals surface area contributed by atoms with Crippen LogP contribution in [-0.2, 0) is 26.0 Å². The predicted molar refractivity (Wildman–Crippen MR) is 138 cm³/mol. The molecule has 0 saturated heterocycles. The molecule has 4 rings (SSSR count). The fourth-order valence-corrected chi connectivity index (χ4v) is 7.62. The average molecular weight is 619 g/mol. The van der Waals surface area contributed by atoms with Gasteiger partial charge in [0.05, 0.1) is 0 Å². The van der Waals surface area contributed by atoms with Crippen molar-refractivity contribution in [3.8, 4) is 22.5 Å². The van der Waals surface area contributed by atoms with E-state index in [9.17, 15) is 18.3 Å². The molecule has 1 N–H and O–H groups in total. The second-order valence-electron chi connectivity index (χ2n) is 10.1. The summed E-state index contributed by atoms with van der Waals surface area (Å²) < 4.78 is 42.2. The molecular weight excluding hydrogens is 588 g/mol. The van der Waals surface area contributed by atoms with E-state index in [1.807, 2.05) is 58.4 Å². The van der Waals surface area contributed by atoms with Gasteiger partial charge in [0.2, 0.25) is 0 Å². The Morgan fingerprint density at radius 3 is 2.24 bits per heavy atom. The van der Waals surface area contributed by atoms with Crippen molar-refractivity contribution in [2.45, 2.75) is 60.3 Å². The molecule has 0 atom stereocenters. The van der Waals surface area contributed by atoms with E-state index in [0.717, 1.165) is 39.2 Å². The average Bonchev–Trinajstić information content (AvgIpc) is 3.44. The number of tetrazole rings is 1. The third-order valence-corrected chi connectivity index (χ3v) is 10.6. The number of rotatable bonds is 9. The van der Waals surface area contributed by atoms with E-state index in [1.54, 1.807) is 0 Å². The van der Waals surface area contributed by atoms with Crippen LogP contribution in [0, 0.1) is 0 Å². The van der Waals surface area contributed by atoms with Crippen molar-refractivity contribution in [3.63, 3.8) is 0 Å². The molecule has 2 aromatic heterocycles. The van der Waals surface area contributed by atoms with Gasteiger partial charge in [0.25, 0.3) is 0 Å². The quantitative estimate of drug-likeness (QED) is 0.251. The second-order valence-corrected chi connectivity index (χ2v) is 23.7. The zero-order valence-corrected chi connectivity index (χ0v) is 24.3. The molecule has 196 valence electrons. The molecule has 0 aliphatic rings. The Morgan fingerprint density at radius 2 is 1.65 bits per heavy atom. The van der Waals surface area contributed by atoms with Crippen LogP contribution in [0.5, 0.6) is 0 Å². The molecule has 0 spiro atoms. The Hall–Kier alpha value is -2.73. The maximum atomic E-state index is 13.1. The molecule has 0 fully saturated rings. The summed E-state index contributed by atoms with van der Waals surface area (Å²) in [5, 5.41) is 26.7. The number of aryl methyl sites for hydroxylation is 1. The van der Waals surface area contributed by atoms with Gasteiger partial charge < -0.3 is 5.11 Å². The number of alkyl halides is 3. The molecule has 11 heteroatoms. The number of hydrogen-bond donors (Lipinski definition) is 1. The number of nitrogens with zero attached hydrogens (tertiary/aromatic N) is 6. The van der Waals surface area contributed by atoms with Crippen LogP contribution in [0.3, 0.4) is 0 Å². The van der Waals surface area contributed by atoms with Crippen LogP contribution < -0.4 is 0 Å². The van der Waals surface area contributed by atoms with Crippen molar-refractivity contribution in [3.05, 3.63) is 71.0 Å². The summed E-state index contributed by atoms with van der Waals surface area (Å²) in [5.74, 6) is 0.761. The van der Waals surface area contributed by atoms with Gasteiger partial charge in [-0.2, -0.15) is 13.2 Å². The summed E-state index contributed by atoms with van der Waals surface area (Å²) in [7, 11) is 0. The molecule has 0 bridgehead atoms. The van der Waals surface area contributed by atoms with Crippen LogP contribution in [0.15, 0.2) is 48.5 Å². The summed E-state index contributed by atoms with van der Waals surface area (Å²) in [6.45, 7) is 0.242. The Morgan fingerprint density at radius 1 is 0.973 bits per heavy atom. The van der Waals surface area contributed by atoms with Gasteiger partial charge in [-0.25, -0.2) is 0 Å². The molecule has 0 saturated carbocycles. The number of hydrogen-bond acceptors (Lipinski definition) is 5. The van der Waals surface area contributed by atoms with Crippen LogP contribution in [0.2, 0.25) is 14.8 Å². The van der Waals surface area contributed by atoms with Gasteiger partial charge in [0.1, 0.15) is 6.54 Å². The third kappa shape index (κ3) is 6.23. The van der Waals surface area contributed by atoms with Gasteiger partial charge in [0.15, 0.2) is 0 Å². The third-order valence-electron chi connectivity index (χ3n) is 6.13. The van der Waals surface area contributed by atoms with Gasteiger partial charge in [-0.3, -0.25) is 0 Å². The van der Waals surface area contributed by atoms with Crippen LogP contribution >= 0.6 is 0 Å². The van der Waals surface area contributed by atoms with Crippen molar-refractivity contribution in [2.24, 2.45) is 0 Å². The van der Waals surface area contributed by atoms with Gasteiger partial charge in [-0.15, -0.1) is 0 Å². The normalized spacial score (nSPS) is 12.3. The van der Waals surface area contributed by atoms with E-state index in [-0.39, 0.29) is 5.69 Å². The fraction of sp³-hybridized carbons (Fsp3) is 0.385. The monoisotopic (exact) mass is 620 g/mol.